The Morgan fingerprint density at radius 1 is 1.11 bits per heavy atom. The molecule has 1 aliphatic rings. The first-order chi connectivity index (χ1) is 9.25. The molecule has 19 heavy (non-hydrogen) atoms. The zero-order valence-electron chi connectivity index (χ0n) is 9.98. The van der Waals surface area contributed by atoms with Crippen LogP contribution in [0.5, 0.6) is 5.75 Å². The van der Waals surface area contributed by atoms with Crippen molar-refractivity contribution in [1.82, 2.24) is 0 Å². The molecule has 1 atom stereocenters. The summed E-state index contributed by atoms with van der Waals surface area (Å²) in [6.07, 6.45) is 1.03. The smallest absolute Gasteiger partial charge is 0.339 e. The van der Waals surface area contributed by atoms with Crippen LogP contribution in [0.15, 0.2) is 53.5 Å². The first kappa shape index (κ1) is 11.5. The van der Waals surface area contributed by atoms with Crippen molar-refractivity contribution in [1.29, 1.82) is 0 Å². The molecular weight excluding hydrogens is 242 g/mol. The molecule has 4 nitrogen and oxygen atoms in total. The molecule has 3 rings (SSSR count). The normalized spacial score (nSPS) is 17.5. The van der Waals surface area contributed by atoms with Crippen molar-refractivity contribution in [2.45, 2.75) is 6.10 Å². The minimum Gasteiger partial charge on any atom is -0.506 e. The van der Waals surface area contributed by atoms with Crippen LogP contribution in [-0.2, 0) is 4.74 Å². The Kier molecular flexibility index (Phi) is 2.76. The number of ether oxygens (including phenoxy) is 1. The number of carbonyl (C=O) groups is 1. The summed E-state index contributed by atoms with van der Waals surface area (Å²) in [5.74, 6) is -0.249. The number of rotatable bonds is 2. The van der Waals surface area contributed by atoms with E-state index in [4.69, 9.17) is 4.74 Å². The van der Waals surface area contributed by atoms with Crippen molar-refractivity contribution in [2.75, 3.05) is 0 Å². The van der Waals surface area contributed by atoms with Crippen LogP contribution in [0, 0.1) is 0 Å². The summed E-state index contributed by atoms with van der Waals surface area (Å²) in [6, 6.07) is 14.0. The van der Waals surface area contributed by atoms with Gasteiger partial charge >= 0.3 is 5.97 Å². The van der Waals surface area contributed by atoms with Crippen molar-refractivity contribution in [2.24, 2.45) is 4.99 Å². The van der Waals surface area contributed by atoms with Crippen LogP contribution in [0.25, 0.3) is 0 Å². The maximum atomic E-state index is 11.6. The molecule has 1 aliphatic heterocycles. The molecular formula is C15H11NO3. The molecule has 0 bridgehead atoms. The van der Waals surface area contributed by atoms with Gasteiger partial charge in [0.2, 0.25) is 0 Å². The summed E-state index contributed by atoms with van der Waals surface area (Å²) in [6.45, 7) is 0. The van der Waals surface area contributed by atoms with E-state index in [2.05, 4.69) is 4.99 Å². The van der Waals surface area contributed by atoms with E-state index >= 15 is 0 Å². The Hall–Kier alpha value is -2.62. The maximum Gasteiger partial charge on any atom is 0.339 e. The SMILES string of the molecule is O=C1O[C@H](C=Nc2ccccc2O)c2ccccc21. The minimum absolute atomic E-state index is 0.0939. The molecule has 0 saturated carbocycles. The molecule has 4 heteroatoms. The topological polar surface area (TPSA) is 58.9 Å². The number of cyclic esters (lactones) is 1. The molecule has 2 aromatic rings. The fourth-order valence-corrected chi connectivity index (χ4v) is 2.01. The number of carbonyl (C=O) groups excluding carboxylic acids is 1. The molecule has 0 fully saturated rings. The molecule has 1 N–H and O–H groups in total. The zero-order valence-corrected chi connectivity index (χ0v) is 9.98. The number of hydrogen-bond donors (Lipinski definition) is 1. The van der Waals surface area contributed by atoms with Gasteiger partial charge in [-0.1, -0.05) is 30.3 Å². The largest absolute Gasteiger partial charge is 0.506 e. The molecule has 0 spiro atoms. The lowest BCUT2D eigenvalue weighted by molar-refractivity contribution is 0.0500. The van der Waals surface area contributed by atoms with E-state index in [0.717, 1.165) is 5.56 Å². The Morgan fingerprint density at radius 3 is 2.68 bits per heavy atom. The van der Waals surface area contributed by atoms with Gasteiger partial charge in [0.1, 0.15) is 11.4 Å². The van der Waals surface area contributed by atoms with E-state index in [1.165, 1.54) is 6.21 Å². The Bertz CT molecular complexity index is 664. The van der Waals surface area contributed by atoms with Crippen LogP contribution in [0.4, 0.5) is 5.69 Å². The summed E-state index contributed by atoms with van der Waals surface area (Å²) >= 11 is 0. The van der Waals surface area contributed by atoms with E-state index in [1.807, 2.05) is 12.1 Å². The number of phenols is 1. The van der Waals surface area contributed by atoms with Gasteiger partial charge in [-0.3, -0.25) is 4.99 Å². The fraction of sp³-hybridized carbons (Fsp3) is 0.0667. The number of nitrogens with zero attached hydrogens (tertiary/aromatic N) is 1. The van der Waals surface area contributed by atoms with E-state index in [0.29, 0.717) is 11.3 Å². The molecule has 0 aromatic heterocycles. The van der Waals surface area contributed by atoms with Crippen LogP contribution in [0.3, 0.4) is 0 Å². The van der Waals surface area contributed by atoms with Gasteiger partial charge in [0.05, 0.1) is 11.8 Å². The number of aromatic hydroxyl groups is 1. The minimum atomic E-state index is -0.497. The Labute approximate surface area is 110 Å². The van der Waals surface area contributed by atoms with Crippen LogP contribution >= 0.6 is 0 Å². The maximum absolute atomic E-state index is 11.6. The van der Waals surface area contributed by atoms with Gasteiger partial charge < -0.3 is 9.84 Å². The standard InChI is InChI=1S/C15H11NO3/c17-13-8-4-3-7-12(13)16-9-14-10-5-1-2-6-11(10)15(18)19-14/h1-9,14,17H/t14-/m1/s1. The second kappa shape index (κ2) is 4.57. The molecule has 94 valence electrons. The first-order valence-electron chi connectivity index (χ1n) is 5.88. The third-order valence-corrected chi connectivity index (χ3v) is 2.95. The van der Waals surface area contributed by atoms with Crippen LogP contribution < -0.4 is 0 Å². The van der Waals surface area contributed by atoms with E-state index in [9.17, 15) is 9.90 Å². The van der Waals surface area contributed by atoms with Crippen molar-refractivity contribution in [3.05, 3.63) is 59.7 Å². The number of esters is 1. The van der Waals surface area contributed by atoms with Gasteiger partial charge in [0.15, 0.2) is 6.10 Å². The van der Waals surface area contributed by atoms with Gasteiger partial charge in [-0.2, -0.15) is 0 Å². The quantitative estimate of drug-likeness (QED) is 0.661. The average Bonchev–Trinajstić information content (AvgIpc) is 2.75. The zero-order chi connectivity index (χ0) is 13.2. The number of benzene rings is 2. The lowest BCUT2D eigenvalue weighted by atomic mass is 10.1. The average molecular weight is 253 g/mol. The molecule has 0 amide bonds. The molecule has 1 heterocycles. The second-order valence-electron chi connectivity index (χ2n) is 4.18. The Balaban J connectivity index is 1.90. The summed E-state index contributed by atoms with van der Waals surface area (Å²) in [4.78, 5) is 15.8. The number of hydrogen-bond acceptors (Lipinski definition) is 4. The highest BCUT2D eigenvalue weighted by atomic mass is 16.5. The number of fused-ring (bicyclic) bond motifs is 1. The van der Waals surface area contributed by atoms with Crippen molar-refractivity contribution < 1.29 is 14.6 Å². The van der Waals surface area contributed by atoms with Gasteiger partial charge in [-0.15, -0.1) is 0 Å². The lowest BCUT2D eigenvalue weighted by Crippen LogP contribution is -1.99. The number of phenolic OH excluding ortho intramolecular Hbond substituents is 1. The summed E-state index contributed by atoms with van der Waals surface area (Å²) in [7, 11) is 0. The van der Waals surface area contributed by atoms with Crippen LogP contribution in [0.2, 0.25) is 0 Å². The highest BCUT2D eigenvalue weighted by molar-refractivity contribution is 5.97. The lowest BCUT2D eigenvalue weighted by Gasteiger charge is -2.04. The predicted octanol–water partition coefficient (Wildman–Crippen LogP) is 3.01. The molecule has 0 radical (unpaired) electrons. The van der Waals surface area contributed by atoms with E-state index in [1.54, 1.807) is 36.4 Å². The number of aliphatic imine (C=N–C) groups is 1. The summed E-state index contributed by atoms with van der Waals surface area (Å²) in [5.41, 5.74) is 1.81. The number of para-hydroxylation sites is 2. The van der Waals surface area contributed by atoms with Gasteiger partial charge in [0.25, 0.3) is 0 Å². The van der Waals surface area contributed by atoms with Crippen molar-refractivity contribution in [3.63, 3.8) is 0 Å². The molecule has 0 aliphatic carbocycles. The van der Waals surface area contributed by atoms with Crippen molar-refractivity contribution in [3.8, 4) is 5.75 Å². The summed E-state index contributed by atoms with van der Waals surface area (Å²) < 4.78 is 5.22. The van der Waals surface area contributed by atoms with E-state index < -0.39 is 6.10 Å². The predicted molar refractivity (Wildman–Crippen MR) is 70.9 cm³/mol. The second-order valence-corrected chi connectivity index (χ2v) is 4.18. The monoisotopic (exact) mass is 253 g/mol. The van der Waals surface area contributed by atoms with Crippen molar-refractivity contribution >= 4 is 17.9 Å². The summed E-state index contributed by atoms with van der Waals surface area (Å²) in [5, 5.41) is 9.61. The Morgan fingerprint density at radius 2 is 1.84 bits per heavy atom. The van der Waals surface area contributed by atoms with Gasteiger partial charge in [0, 0.05) is 5.56 Å². The molecule has 0 unspecified atom stereocenters. The third kappa shape index (κ3) is 2.08. The third-order valence-electron chi connectivity index (χ3n) is 2.95. The molecule has 0 saturated heterocycles. The highest BCUT2D eigenvalue weighted by Crippen LogP contribution is 2.31. The molecule has 2 aromatic carbocycles. The van der Waals surface area contributed by atoms with Crippen LogP contribution in [0.1, 0.15) is 22.0 Å². The highest BCUT2D eigenvalue weighted by Gasteiger charge is 2.29. The van der Waals surface area contributed by atoms with E-state index in [-0.39, 0.29) is 11.7 Å². The van der Waals surface area contributed by atoms with Gasteiger partial charge in [-0.05, 0) is 18.2 Å². The van der Waals surface area contributed by atoms with Gasteiger partial charge in [-0.25, -0.2) is 4.79 Å². The first-order valence-corrected chi connectivity index (χ1v) is 5.88. The van der Waals surface area contributed by atoms with Crippen LogP contribution in [-0.4, -0.2) is 17.3 Å². The fourth-order valence-electron chi connectivity index (χ4n) is 2.01.